The summed E-state index contributed by atoms with van der Waals surface area (Å²) in [4.78, 5) is 11.6. The smallest absolute Gasteiger partial charge is 0.156 e. The third-order valence-corrected chi connectivity index (χ3v) is 4.93. The predicted molar refractivity (Wildman–Crippen MR) is 109 cm³/mol. The molecule has 0 aliphatic carbocycles. The van der Waals surface area contributed by atoms with E-state index in [1.807, 2.05) is 0 Å². The number of hydrogen-bond donors (Lipinski definition) is 1. The van der Waals surface area contributed by atoms with Crippen LogP contribution in [0.3, 0.4) is 0 Å². The zero-order valence-electron chi connectivity index (χ0n) is 14.2. The molecule has 0 amide bonds. The van der Waals surface area contributed by atoms with Gasteiger partial charge in [-0.3, -0.25) is 4.21 Å². The fourth-order valence-corrected chi connectivity index (χ4v) is 3.24. The Kier molecular flexibility index (Phi) is 5.53. The molecule has 1 N–H and O–H groups in total. The Morgan fingerprint density at radius 2 is 1.93 bits per heavy atom. The SMILES string of the molecule is C.CN(c1ccccc1-c1ccc(-c2cnc3[nH]ccc3n2)c(F)c1)S(=O)[O-]. The van der Waals surface area contributed by atoms with Gasteiger partial charge in [-0.25, -0.2) is 14.4 Å². The number of aromatic amines is 1. The summed E-state index contributed by atoms with van der Waals surface area (Å²) in [6.45, 7) is 0. The van der Waals surface area contributed by atoms with E-state index in [1.54, 1.807) is 48.7 Å². The van der Waals surface area contributed by atoms with Gasteiger partial charge in [0, 0.05) is 35.6 Å². The number of anilines is 1. The molecule has 0 aliphatic heterocycles. The van der Waals surface area contributed by atoms with Crippen molar-refractivity contribution in [1.82, 2.24) is 15.0 Å². The Labute approximate surface area is 164 Å². The molecule has 28 heavy (non-hydrogen) atoms. The molecule has 0 fully saturated rings. The Morgan fingerprint density at radius 3 is 2.68 bits per heavy atom. The van der Waals surface area contributed by atoms with Crippen LogP contribution in [0.1, 0.15) is 7.43 Å². The molecule has 2 aromatic heterocycles. The molecule has 2 aromatic carbocycles. The molecule has 0 saturated heterocycles. The maximum absolute atomic E-state index is 14.8. The fraction of sp³-hybridized carbons (Fsp3) is 0.100. The first-order valence-electron chi connectivity index (χ1n) is 8.07. The summed E-state index contributed by atoms with van der Waals surface area (Å²) in [5, 5.41) is 0. The lowest BCUT2D eigenvalue weighted by Crippen LogP contribution is -2.20. The van der Waals surface area contributed by atoms with Crippen molar-refractivity contribution in [3.05, 3.63) is 66.7 Å². The molecule has 0 bridgehead atoms. The number of H-pyrrole nitrogens is 1. The molecular weight excluding hydrogens is 379 g/mol. The van der Waals surface area contributed by atoms with Gasteiger partial charge in [-0.1, -0.05) is 31.7 Å². The minimum atomic E-state index is -2.43. The number of fused-ring (bicyclic) bond motifs is 1. The number of aromatic nitrogens is 3. The van der Waals surface area contributed by atoms with E-state index in [4.69, 9.17) is 0 Å². The molecule has 4 aromatic rings. The van der Waals surface area contributed by atoms with Crippen molar-refractivity contribution < 1.29 is 13.2 Å². The largest absolute Gasteiger partial charge is 0.755 e. The molecular formula is C20H18FN4O2S-. The highest BCUT2D eigenvalue weighted by molar-refractivity contribution is 7.80. The Bertz CT molecular complexity index is 1160. The molecule has 0 spiro atoms. The second kappa shape index (κ2) is 7.87. The normalized spacial score (nSPS) is 11.8. The minimum absolute atomic E-state index is 0. The Morgan fingerprint density at radius 1 is 1.14 bits per heavy atom. The first-order valence-corrected chi connectivity index (χ1v) is 9.10. The van der Waals surface area contributed by atoms with Gasteiger partial charge >= 0.3 is 0 Å². The average Bonchev–Trinajstić information content (AvgIpc) is 3.15. The summed E-state index contributed by atoms with van der Waals surface area (Å²) in [5.41, 5.74) is 3.69. The topological polar surface area (TPSA) is 84.9 Å². The highest BCUT2D eigenvalue weighted by Crippen LogP contribution is 2.33. The van der Waals surface area contributed by atoms with Crippen LogP contribution in [0.4, 0.5) is 10.1 Å². The van der Waals surface area contributed by atoms with Crippen LogP contribution in [0.5, 0.6) is 0 Å². The molecule has 4 rings (SSSR count). The molecule has 1 atom stereocenters. The van der Waals surface area contributed by atoms with Crippen LogP contribution in [0.2, 0.25) is 0 Å². The Balaban J connectivity index is 0.00000225. The second-order valence-corrected chi connectivity index (χ2v) is 6.88. The van der Waals surface area contributed by atoms with Crippen molar-refractivity contribution in [3.8, 4) is 22.4 Å². The van der Waals surface area contributed by atoms with Crippen molar-refractivity contribution in [3.63, 3.8) is 0 Å². The monoisotopic (exact) mass is 397 g/mol. The van der Waals surface area contributed by atoms with E-state index < -0.39 is 17.1 Å². The second-order valence-electron chi connectivity index (χ2n) is 5.89. The van der Waals surface area contributed by atoms with E-state index in [0.29, 0.717) is 39.2 Å². The van der Waals surface area contributed by atoms with Crippen LogP contribution in [0.25, 0.3) is 33.5 Å². The number of nitrogens with one attached hydrogen (secondary N) is 1. The number of para-hydroxylation sites is 1. The first kappa shape index (κ1) is 19.7. The zero-order valence-corrected chi connectivity index (χ0v) is 15.0. The third kappa shape index (κ3) is 3.51. The van der Waals surface area contributed by atoms with Crippen molar-refractivity contribution in [2.75, 3.05) is 11.4 Å². The molecule has 0 aliphatic rings. The molecule has 144 valence electrons. The highest BCUT2D eigenvalue weighted by Gasteiger charge is 2.14. The van der Waals surface area contributed by atoms with Crippen molar-refractivity contribution >= 4 is 28.1 Å². The molecule has 0 radical (unpaired) electrons. The lowest BCUT2D eigenvalue weighted by Gasteiger charge is -2.24. The van der Waals surface area contributed by atoms with Gasteiger partial charge in [0.1, 0.15) is 11.3 Å². The molecule has 0 saturated carbocycles. The molecule has 6 nitrogen and oxygen atoms in total. The molecule has 8 heteroatoms. The predicted octanol–water partition coefficient (Wildman–Crippen LogP) is 4.30. The van der Waals surface area contributed by atoms with Crippen LogP contribution in [-0.2, 0) is 11.3 Å². The zero-order chi connectivity index (χ0) is 19.0. The first-order chi connectivity index (χ1) is 13.0. The summed E-state index contributed by atoms with van der Waals surface area (Å²) in [6.07, 6.45) is 3.24. The quantitative estimate of drug-likeness (QED) is 0.520. The number of benzene rings is 2. The van der Waals surface area contributed by atoms with Gasteiger partial charge in [0.25, 0.3) is 0 Å². The van der Waals surface area contributed by atoms with Crippen LogP contribution in [0.15, 0.2) is 60.9 Å². The summed E-state index contributed by atoms with van der Waals surface area (Å²) in [5.74, 6) is -0.461. The van der Waals surface area contributed by atoms with Gasteiger partial charge in [-0.2, -0.15) is 0 Å². The maximum Gasteiger partial charge on any atom is 0.156 e. The number of hydrogen-bond acceptors (Lipinski definition) is 4. The summed E-state index contributed by atoms with van der Waals surface area (Å²) in [6, 6.07) is 13.4. The van der Waals surface area contributed by atoms with Gasteiger partial charge in [-0.05, 0) is 29.8 Å². The summed E-state index contributed by atoms with van der Waals surface area (Å²) in [7, 11) is 1.44. The van der Waals surface area contributed by atoms with E-state index in [0.717, 1.165) is 4.31 Å². The van der Waals surface area contributed by atoms with Gasteiger partial charge in [0.05, 0.1) is 17.6 Å². The van der Waals surface area contributed by atoms with E-state index in [-0.39, 0.29) is 7.43 Å². The average molecular weight is 397 g/mol. The fourth-order valence-electron chi connectivity index (χ4n) is 2.92. The van der Waals surface area contributed by atoms with Gasteiger partial charge in [-0.15, -0.1) is 0 Å². The third-order valence-electron chi connectivity index (χ3n) is 4.28. The minimum Gasteiger partial charge on any atom is -0.755 e. The molecule has 2 heterocycles. The lowest BCUT2D eigenvalue weighted by molar-refractivity contribution is 0.535. The number of nitrogens with zero attached hydrogens (tertiary/aromatic N) is 3. The van der Waals surface area contributed by atoms with Gasteiger partial charge in [0.2, 0.25) is 0 Å². The molecule has 1 unspecified atom stereocenters. The van der Waals surface area contributed by atoms with Crippen LogP contribution >= 0.6 is 0 Å². The van der Waals surface area contributed by atoms with Crippen LogP contribution < -0.4 is 4.31 Å². The van der Waals surface area contributed by atoms with Crippen molar-refractivity contribution in [2.45, 2.75) is 7.43 Å². The summed E-state index contributed by atoms with van der Waals surface area (Å²) < 4.78 is 38.5. The van der Waals surface area contributed by atoms with E-state index >= 15 is 0 Å². The standard InChI is InChI=1S/C19H15FN4O2S.CH4/c1-24(27(25)26)18-5-3-2-4-13(18)12-6-7-14(15(20)10-12)17-11-22-19-16(23-17)8-9-21-19;/h2-11H,1H3,(H,21,22)(H,25,26);1H4/p-1. The Hall–Kier alpha value is -3.10. The van der Waals surface area contributed by atoms with Crippen molar-refractivity contribution in [1.29, 1.82) is 0 Å². The van der Waals surface area contributed by atoms with Crippen LogP contribution in [0, 0.1) is 5.82 Å². The van der Waals surface area contributed by atoms with Crippen LogP contribution in [-0.4, -0.2) is 30.8 Å². The highest BCUT2D eigenvalue weighted by atomic mass is 32.2. The summed E-state index contributed by atoms with van der Waals surface area (Å²) >= 11 is -2.43. The van der Waals surface area contributed by atoms with Crippen molar-refractivity contribution in [2.24, 2.45) is 0 Å². The van der Waals surface area contributed by atoms with Gasteiger partial charge in [0.15, 0.2) is 5.65 Å². The van der Waals surface area contributed by atoms with E-state index in [1.165, 1.54) is 19.3 Å². The van der Waals surface area contributed by atoms with Gasteiger partial charge < -0.3 is 13.8 Å². The lowest BCUT2D eigenvalue weighted by atomic mass is 10.0. The van der Waals surface area contributed by atoms with E-state index in [9.17, 15) is 13.2 Å². The number of halogens is 1. The van der Waals surface area contributed by atoms with E-state index in [2.05, 4.69) is 15.0 Å². The maximum atomic E-state index is 14.8. The number of rotatable bonds is 4.